The van der Waals surface area contributed by atoms with E-state index < -0.39 is 17.6 Å². The number of aliphatic hydroxyl groups is 1. The van der Waals surface area contributed by atoms with Gasteiger partial charge in [0.15, 0.2) is 11.6 Å². The van der Waals surface area contributed by atoms with Crippen molar-refractivity contribution in [1.82, 2.24) is 5.48 Å². The number of rotatable bonds is 10. The number of azide groups is 1. The minimum atomic E-state index is -1.62. The molecule has 0 saturated carbocycles. The SMILES string of the molecule is [N-]=[N+]=Nc1ccccc1C[C@]1(C(=O)NO)N=C(c2ccc(OCCCO)cc2)O[C@H]1c1ccc(Br)cc1. The lowest BCUT2D eigenvalue weighted by Crippen LogP contribution is -2.49. The van der Waals surface area contributed by atoms with Crippen LogP contribution in [0.1, 0.15) is 29.2 Å². The molecule has 0 spiro atoms. The number of hydrogen-bond acceptors (Lipinski definition) is 7. The topological polar surface area (TPSA) is 149 Å². The van der Waals surface area contributed by atoms with E-state index in [9.17, 15) is 10.0 Å². The number of carbonyl (C=O) groups excluding carboxylic acids is 1. The van der Waals surface area contributed by atoms with Gasteiger partial charge in [0.1, 0.15) is 5.75 Å². The maximum absolute atomic E-state index is 13.3. The molecule has 3 aromatic rings. The molecule has 3 N–H and O–H groups in total. The predicted octanol–water partition coefficient (Wildman–Crippen LogP) is 5.16. The molecule has 2 atom stereocenters. The summed E-state index contributed by atoms with van der Waals surface area (Å²) in [6.07, 6.45) is -0.397. The Labute approximate surface area is 221 Å². The highest BCUT2D eigenvalue weighted by molar-refractivity contribution is 9.10. The fourth-order valence-corrected chi connectivity index (χ4v) is 4.38. The first kappa shape index (κ1) is 26.2. The molecule has 0 unspecified atom stereocenters. The summed E-state index contributed by atoms with van der Waals surface area (Å²) in [6.45, 7) is 0.418. The predicted molar refractivity (Wildman–Crippen MR) is 140 cm³/mol. The van der Waals surface area contributed by atoms with E-state index in [1.165, 1.54) is 0 Å². The molecule has 0 bridgehead atoms. The number of hydrogen-bond donors (Lipinski definition) is 3. The third-order valence-corrected chi connectivity index (χ3v) is 6.44. The maximum atomic E-state index is 13.3. The van der Waals surface area contributed by atoms with E-state index in [1.807, 2.05) is 24.3 Å². The van der Waals surface area contributed by atoms with Crippen molar-refractivity contribution >= 4 is 33.4 Å². The van der Waals surface area contributed by atoms with Crippen LogP contribution in [-0.4, -0.2) is 40.9 Å². The van der Waals surface area contributed by atoms with Crippen molar-refractivity contribution in [3.8, 4) is 5.75 Å². The quantitative estimate of drug-likeness (QED) is 0.0774. The van der Waals surface area contributed by atoms with Gasteiger partial charge in [-0.15, -0.1) is 0 Å². The molecule has 37 heavy (non-hydrogen) atoms. The van der Waals surface area contributed by atoms with Gasteiger partial charge in [0.05, 0.1) is 6.61 Å². The summed E-state index contributed by atoms with van der Waals surface area (Å²) in [5.41, 5.74) is 11.3. The lowest BCUT2D eigenvalue weighted by Gasteiger charge is -2.30. The molecule has 1 aliphatic rings. The van der Waals surface area contributed by atoms with Gasteiger partial charge in [-0.3, -0.25) is 10.0 Å². The molecule has 0 radical (unpaired) electrons. The van der Waals surface area contributed by atoms with Crippen molar-refractivity contribution in [1.29, 1.82) is 0 Å². The highest BCUT2D eigenvalue weighted by Crippen LogP contribution is 2.43. The number of nitrogens with one attached hydrogen (secondary N) is 1. The van der Waals surface area contributed by atoms with Gasteiger partial charge in [0.25, 0.3) is 5.91 Å². The van der Waals surface area contributed by atoms with Gasteiger partial charge in [0.2, 0.25) is 5.90 Å². The van der Waals surface area contributed by atoms with Gasteiger partial charge in [0, 0.05) is 40.1 Å². The Hall–Kier alpha value is -3.89. The van der Waals surface area contributed by atoms with Crippen LogP contribution < -0.4 is 10.2 Å². The second-order valence-corrected chi connectivity index (χ2v) is 9.19. The number of hydroxylamine groups is 1. The molecule has 4 rings (SSSR count). The molecule has 0 saturated heterocycles. The fraction of sp³-hybridized carbons (Fsp3) is 0.231. The summed E-state index contributed by atoms with van der Waals surface area (Å²) in [7, 11) is 0. The van der Waals surface area contributed by atoms with E-state index in [0.717, 1.165) is 4.47 Å². The van der Waals surface area contributed by atoms with E-state index in [-0.39, 0.29) is 18.9 Å². The van der Waals surface area contributed by atoms with Crippen LogP contribution in [0.15, 0.2) is 87.4 Å². The van der Waals surface area contributed by atoms with Gasteiger partial charge in [-0.05, 0) is 53.1 Å². The Morgan fingerprint density at radius 1 is 1.16 bits per heavy atom. The smallest absolute Gasteiger partial charge is 0.275 e. The largest absolute Gasteiger partial charge is 0.494 e. The standard InChI is InChI=1S/C26H24BrN5O5/c27-20-10-6-17(7-11-20)23-26(25(34)31-35,16-19-4-1-2-5-22(19)30-32-28)29-24(37-23)18-8-12-21(13-9-18)36-15-3-14-33/h1-2,4-13,23,33,35H,3,14-16H2,(H,31,34)/t23-,26-/m0/s1. The average molecular weight is 566 g/mol. The molecule has 0 aromatic heterocycles. The molecule has 3 aromatic carbocycles. The molecule has 190 valence electrons. The van der Waals surface area contributed by atoms with Crippen LogP contribution in [0.2, 0.25) is 0 Å². The molecule has 1 amide bonds. The van der Waals surface area contributed by atoms with Gasteiger partial charge < -0.3 is 14.6 Å². The van der Waals surface area contributed by atoms with Crippen LogP contribution in [-0.2, 0) is 16.0 Å². The molecule has 0 fully saturated rings. The first-order valence-electron chi connectivity index (χ1n) is 11.4. The minimum Gasteiger partial charge on any atom is -0.494 e. The maximum Gasteiger partial charge on any atom is 0.275 e. The van der Waals surface area contributed by atoms with E-state index in [1.54, 1.807) is 54.0 Å². The molecular formula is C26H24BrN5O5. The summed E-state index contributed by atoms with van der Waals surface area (Å²) in [6, 6.07) is 21.1. The summed E-state index contributed by atoms with van der Waals surface area (Å²) in [5.74, 6) is 0.0534. The molecule has 10 nitrogen and oxygen atoms in total. The zero-order chi connectivity index (χ0) is 26.3. The van der Waals surface area contributed by atoms with Crippen LogP contribution in [0, 0.1) is 0 Å². The Bertz CT molecular complexity index is 1330. The Morgan fingerprint density at radius 2 is 1.89 bits per heavy atom. The van der Waals surface area contributed by atoms with Crippen molar-refractivity contribution in [3.63, 3.8) is 0 Å². The van der Waals surface area contributed by atoms with E-state index in [0.29, 0.717) is 41.2 Å². The Kier molecular flexibility index (Phi) is 8.42. The molecule has 11 heteroatoms. The number of ether oxygens (including phenoxy) is 2. The molecule has 0 aliphatic carbocycles. The van der Waals surface area contributed by atoms with Gasteiger partial charge in [-0.1, -0.05) is 57.4 Å². The van der Waals surface area contributed by atoms with Crippen LogP contribution in [0.3, 0.4) is 0 Å². The van der Waals surface area contributed by atoms with Gasteiger partial charge in [-0.25, -0.2) is 10.5 Å². The van der Waals surface area contributed by atoms with Crippen molar-refractivity contribution < 1.29 is 24.6 Å². The Morgan fingerprint density at radius 3 is 2.57 bits per heavy atom. The molecule has 1 heterocycles. The Balaban J connectivity index is 1.79. The summed E-state index contributed by atoms with van der Waals surface area (Å²) in [4.78, 5) is 21.0. The zero-order valence-corrected chi connectivity index (χ0v) is 21.2. The fourth-order valence-electron chi connectivity index (χ4n) is 4.11. The van der Waals surface area contributed by atoms with Crippen LogP contribution in [0.25, 0.3) is 10.4 Å². The number of aliphatic imine (C=N–C) groups is 1. The zero-order valence-electron chi connectivity index (χ0n) is 19.6. The monoisotopic (exact) mass is 565 g/mol. The lowest BCUT2D eigenvalue weighted by atomic mass is 9.82. The van der Waals surface area contributed by atoms with E-state index >= 15 is 0 Å². The highest BCUT2D eigenvalue weighted by atomic mass is 79.9. The highest BCUT2D eigenvalue weighted by Gasteiger charge is 2.53. The van der Waals surface area contributed by atoms with Crippen molar-refractivity contribution in [2.75, 3.05) is 13.2 Å². The molecular weight excluding hydrogens is 542 g/mol. The van der Waals surface area contributed by atoms with Crippen LogP contribution in [0.4, 0.5) is 5.69 Å². The number of halogens is 1. The number of carbonyl (C=O) groups is 1. The first-order chi connectivity index (χ1) is 18.0. The summed E-state index contributed by atoms with van der Waals surface area (Å²) < 4.78 is 12.7. The minimum absolute atomic E-state index is 0.0127. The first-order valence-corrected chi connectivity index (χ1v) is 12.2. The van der Waals surface area contributed by atoms with Gasteiger partial charge in [-0.2, -0.15) is 0 Å². The van der Waals surface area contributed by atoms with Crippen molar-refractivity contribution in [2.24, 2.45) is 10.1 Å². The van der Waals surface area contributed by atoms with E-state index in [2.05, 4.69) is 26.0 Å². The average Bonchev–Trinajstić information content (AvgIpc) is 3.31. The second-order valence-electron chi connectivity index (χ2n) is 8.28. The molecule has 1 aliphatic heterocycles. The van der Waals surface area contributed by atoms with Crippen LogP contribution >= 0.6 is 15.9 Å². The van der Waals surface area contributed by atoms with Crippen molar-refractivity contribution in [3.05, 3.63) is 104 Å². The third-order valence-electron chi connectivity index (χ3n) is 5.91. The summed E-state index contributed by atoms with van der Waals surface area (Å²) in [5, 5.41) is 22.5. The number of amides is 1. The normalized spacial score (nSPS) is 18.4. The van der Waals surface area contributed by atoms with Gasteiger partial charge >= 0.3 is 0 Å². The number of benzene rings is 3. The number of aliphatic hydroxyl groups excluding tert-OH is 1. The number of nitrogens with zero attached hydrogens (tertiary/aromatic N) is 4. The van der Waals surface area contributed by atoms with Crippen molar-refractivity contribution in [2.45, 2.75) is 24.5 Å². The lowest BCUT2D eigenvalue weighted by molar-refractivity contribution is -0.137. The second kappa shape index (κ2) is 11.9. The van der Waals surface area contributed by atoms with E-state index in [4.69, 9.17) is 25.1 Å². The van der Waals surface area contributed by atoms with Crippen LogP contribution in [0.5, 0.6) is 5.75 Å². The third kappa shape index (κ3) is 5.76. The summed E-state index contributed by atoms with van der Waals surface area (Å²) >= 11 is 3.42.